The van der Waals surface area contributed by atoms with Gasteiger partial charge in [0.05, 0.1) is 18.6 Å². The highest BCUT2D eigenvalue weighted by atomic mass is 16.6. The van der Waals surface area contributed by atoms with Gasteiger partial charge in [0.1, 0.15) is 30.2 Å². The zero-order valence-electron chi connectivity index (χ0n) is 16.6. The molecular formula is C21H26O8. The van der Waals surface area contributed by atoms with E-state index in [0.717, 1.165) is 0 Å². The Morgan fingerprint density at radius 2 is 2.17 bits per heavy atom. The maximum Gasteiger partial charge on any atom is 0.334 e. The Labute approximate surface area is 169 Å². The molecule has 0 amide bonds. The number of fused-ring (bicyclic) bond motifs is 1. The predicted octanol–water partition coefficient (Wildman–Crippen LogP) is 1.03. The van der Waals surface area contributed by atoms with E-state index in [1.807, 2.05) is 0 Å². The van der Waals surface area contributed by atoms with Crippen LogP contribution in [0, 0.1) is 5.92 Å². The van der Waals surface area contributed by atoms with Crippen molar-refractivity contribution < 1.29 is 38.4 Å². The Morgan fingerprint density at radius 3 is 2.72 bits per heavy atom. The van der Waals surface area contributed by atoms with Crippen molar-refractivity contribution in [3.8, 4) is 0 Å². The Hall–Kier alpha value is -2.29. The summed E-state index contributed by atoms with van der Waals surface area (Å²) < 4.78 is 22.2. The molecule has 29 heavy (non-hydrogen) atoms. The van der Waals surface area contributed by atoms with Crippen molar-refractivity contribution >= 4 is 18.2 Å². The predicted molar refractivity (Wildman–Crippen MR) is 101 cm³/mol. The summed E-state index contributed by atoms with van der Waals surface area (Å²) in [5, 5.41) is 11.0. The average molecular weight is 406 g/mol. The van der Waals surface area contributed by atoms with E-state index in [1.165, 1.54) is 13.0 Å². The second kappa shape index (κ2) is 8.22. The van der Waals surface area contributed by atoms with Crippen molar-refractivity contribution in [1.29, 1.82) is 0 Å². The minimum absolute atomic E-state index is 0.0550. The lowest BCUT2D eigenvalue weighted by molar-refractivity contribution is -0.152. The Balaban J connectivity index is 2.08. The van der Waals surface area contributed by atoms with Gasteiger partial charge in [-0.2, -0.15) is 0 Å². The molecule has 0 aromatic carbocycles. The quantitative estimate of drug-likeness (QED) is 0.312. The third-order valence-electron chi connectivity index (χ3n) is 5.63. The molecule has 1 spiro atoms. The standard InChI is InChI=1S/C21H26O8/c1-5-26-14-6-7-21(10-27-21)18(23)17-16(12(4)20(25)29-17)15(8-13(14)9-22)28-19(24)11(2)3/h8-9,14-18,23H,2,4-7,10H2,1,3H3/b13-8+/t14-,15-,16-,17+,18-,21-/m1/s1. The Morgan fingerprint density at radius 1 is 1.48 bits per heavy atom. The molecule has 2 saturated heterocycles. The van der Waals surface area contributed by atoms with E-state index in [4.69, 9.17) is 18.9 Å². The minimum Gasteiger partial charge on any atom is -0.455 e. The fraction of sp³-hybridized carbons (Fsp3) is 0.571. The number of esters is 2. The number of rotatable bonds is 5. The van der Waals surface area contributed by atoms with Crippen LogP contribution in [0.5, 0.6) is 0 Å². The molecular weight excluding hydrogens is 380 g/mol. The molecule has 0 saturated carbocycles. The van der Waals surface area contributed by atoms with Crippen LogP contribution in [-0.2, 0) is 33.3 Å². The fourth-order valence-corrected chi connectivity index (χ4v) is 3.88. The van der Waals surface area contributed by atoms with E-state index in [-0.39, 0.29) is 23.3 Å². The lowest BCUT2D eigenvalue weighted by Crippen LogP contribution is -2.48. The van der Waals surface area contributed by atoms with Crippen LogP contribution in [0.25, 0.3) is 0 Å². The van der Waals surface area contributed by atoms with Crippen LogP contribution in [0.3, 0.4) is 0 Å². The van der Waals surface area contributed by atoms with Gasteiger partial charge in [0, 0.05) is 23.3 Å². The van der Waals surface area contributed by atoms with Crippen LogP contribution in [0.4, 0.5) is 0 Å². The summed E-state index contributed by atoms with van der Waals surface area (Å²) >= 11 is 0. The lowest BCUT2D eigenvalue weighted by atomic mass is 9.80. The first-order chi connectivity index (χ1) is 13.7. The molecule has 0 bridgehead atoms. The lowest BCUT2D eigenvalue weighted by Gasteiger charge is -2.33. The van der Waals surface area contributed by atoms with Gasteiger partial charge in [-0.25, -0.2) is 9.59 Å². The van der Waals surface area contributed by atoms with Crippen molar-refractivity contribution in [2.75, 3.05) is 13.2 Å². The highest BCUT2D eigenvalue weighted by Crippen LogP contribution is 2.45. The first-order valence-corrected chi connectivity index (χ1v) is 9.61. The topological polar surface area (TPSA) is 112 Å². The van der Waals surface area contributed by atoms with Gasteiger partial charge < -0.3 is 24.1 Å². The van der Waals surface area contributed by atoms with Crippen molar-refractivity contribution in [2.24, 2.45) is 5.92 Å². The molecule has 2 aliphatic heterocycles. The summed E-state index contributed by atoms with van der Waals surface area (Å²) in [6.45, 7) is 11.3. The molecule has 3 rings (SSSR count). The van der Waals surface area contributed by atoms with E-state index >= 15 is 0 Å². The number of aldehydes is 1. The van der Waals surface area contributed by atoms with Crippen LogP contribution >= 0.6 is 0 Å². The molecule has 0 aromatic heterocycles. The smallest absolute Gasteiger partial charge is 0.334 e. The highest BCUT2D eigenvalue weighted by Gasteiger charge is 2.60. The second-order valence-corrected chi connectivity index (χ2v) is 7.64. The molecule has 2 heterocycles. The van der Waals surface area contributed by atoms with Gasteiger partial charge in [-0.05, 0) is 32.8 Å². The highest BCUT2D eigenvalue weighted by molar-refractivity contribution is 5.92. The van der Waals surface area contributed by atoms with Gasteiger partial charge in [0.25, 0.3) is 0 Å². The number of hydrogen-bond acceptors (Lipinski definition) is 8. The zero-order chi connectivity index (χ0) is 21.3. The molecule has 1 aliphatic carbocycles. The summed E-state index contributed by atoms with van der Waals surface area (Å²) in [6.07, 6.45) is -0.887. The van der Waals surface area contributed by atoms with Crippen molar-refractivity contribution in [2.45, 2.75) is 56.7 Å². The van der Waals surface area contributed by atoms with Crippen LogP contribution in [-0.4, -0.2) is 66.6 Å². The molecule has 158 valence electrons. The molecule has 0 radical (unpaired) electrons. The van der Waals surface area contributed by atoms with Crippen LogP contribution in [0.2, 0.25) is 0 Å². The first kappa shape index (κ1) is 21.4. The van der Waals surface area contributed by atoms with Gasteiger partial charge in [0.15, 0.2) is 0 Å². The minimum atomic E-state index is -1.14. The number of hydrogen-bond donors (Lipinski definition) is 1. The van der Waals surface area contributed by atoms with Crippen LogP contribution < -0.4 is 0 Å². The molecule has 8 nitrogen and oxygen atoms in total. The van der Waals surface area contributed by atoms with E-state index in [0.29, 0.717) is 25.7 Å². The summed E-state index contributed by atoms with van der Waals surface area (Å²) in [5.41, 5.74) is -0.416. The van der Waals surface area contributed by atoms with Gasteiger partial charge in [-0.3, -0.25) is 4.79 Å². The maximum absolute atomic E-state index is 12.3. The van der Waals surface area contributed by atoms with E-state index in [2.05, 4.69) is 13.2 Å². The van der Waals surface area contributed by atoms with Crippen molar-refractivity contribution in [3.63, 3.8) is 0 Å². The summed E-state index contributed by atoms with van der Waals surface area (Å²) in [6, 6.07) is 0. The second-order valence-electron chi connectivity index (χ2n) is 7.64. The molecule has 8 heteroatoms. The van der Waals surface area contributed by atoms with E-state index in [9.17, 15) is 19.5 Å². The third-order valence-corrected chi connectivity index (χ3v) is 5.63. The normalized spacial score (nSPS) is 38.4. The molecule has 3 aliphatic rings. The van der Waals surface area contributed by atoms with Crippen LogP contribution in [0.15, 0.2) is 36.0 Å². The van der Waals surface area contributed by atoms with Crippen LogP contribution in [0.1, 0.15) is 26.7 Å². The fourth-order valence-electron chi connectivity index (χ4n) is 3.88. The Kier molecular flexibility index (Phi) is 6.07. The van der Waals surface area contributed by atoms with Crippen molar-refractivity contribution in [1.82, 2.24) is 0 Å². The Bertz CT molecular complexity index is 763. The summed E-state index contributed by atoms with van der Waals surface area (Å²) in [5.74, 6) is -2.26. The van der Waals surface area contributed by atoms with Gasteiger partial charge in [0.2, 0.25) is 0 Å². The largest absolute Gasteiger partial charge is 0.455 e. The van der Waals surface area contributed by atoms with Gasteiger partial charge in [-0.15, -0.1) is 0 Å². The first-order valence-electron chi connectivity index (χ1n) is 9.61. The molecule has 2 fully saturated rings. The molecule has 0 unspecified atom stereocenters. The average Bonchev–Trinajstić information content (AvgIpc) is 3.42. The number of carbonyl (C=O) groups excluding carboxylic acids is 3. The van der Waals surface area contributed by atoms with E-state index < -0.39 is 47.9 Å². The number of ether oxygens (including phenoxy) is 4. The zero-order valence-corrected chi connectivity index (χ0v) is 16.6. The molecule has 6 atom stereocenters. The van der Waals surface area contributed by atoms with E-state index in [1.54, 1.807) is 6.92 Å². The summed E-state index contributed by atoms with van der Waals surface area (Å²) in [7, 11) is 0. The number of aliphatic hydroxyl groups excluding tert-OH is 1. The molecule has 0 aromatic rings. The summed E-state index contributed by atoms with van der Waals surface area (Å²) in [4.78, 5) is 36.3. The number of carbonyl (C=O) groups is 3. The maximum atomic E-state index is 12.3. The van der Waals surface area contributed by atoms with Gasteiger partial charge >= 0.3 is 11.9 Å². The van der Waals surface area contributed by atoms with Crippen molar-refractivity contribution in [3.05, 3.63) is 36.0 Å². The molecule has 1 N–H and O–H groups in total. The monoisotopic (exact) mass is 406 g/mol. The number of aliphatic hydroxyl groups is 1. The third kappa shape index (κ3) is 4.05. The SMILES string of the molecule is C=C(C)C(=O)O[C@@H]1/C=C(\C=O)[C@H](OCC)CC[C@@]2(CO2)[C@H](O)[C@H]2OC(=O)C(=C)[C@@H]21. The van der Waals surface area contributed by atoms with Gasteiger partial charge in [-0.1, -0.05) is 13.2 Å². The number of epoxide rings is 1.